The third-order valence-electron chi connectivity index (χ3n) is 4.35. The molecule has 1 aliphatic carbocycles. The zero-order valence-electron chi connectivity index (χ0n) is 13.6. The smallest absolute Gasteiger partial charge is 0.331 e. The highest BCUT2D eigenvalue weighted by Crippen LogP contribution is 2.35. The van der Waals surface area contributed by atoms with E-state index in [0.717, 1.165) is 24.5 Å². The fourth-order valence-corrected chi connectivity index (χ4v) is 2.82. The fourth-order valence-electron chi connectivity index (χ4n) is 2.82. The Kier molecular flexibility index (Phi) is 4.81. The maximum atomic E-state index is 13.2. The number of carbonyl (C=O) groups is 1. The lowest BCUT2D eigenvalue weighted by atomic mass is 10.1. The number of nitrogens with two attached hydrogens (primary N) is 1. The molecule has 0 spiro atoms. The largest absolute Gasteiger partial charge is 0.416 e. The molecule has 1 fully saturated rings. The van der Waals surface area contributed by atoms with Gasteiger partial charge in [0, 0.05) is 24.7 Å². The van der Waals surface area contributed by atoms with E-state index in [4.69, 9.17) is 5.73 Å². The zero-order chi connectivity index (χ0) is 18.0. The van der Waals surface area contributed by atoms with Crippen LogP contribution < -0.4 is 5.73 Å². The molecular weight excluding hydrogens is 329 g/mol. The second-order valence-electron chi connectivity index (χ2n) is 6.22. The number of carbonyl (C=O) groups excluding carboxylic acids is 1. The van der Waals surface area contributed by atoms with Crippen LogP contribution in [0.25, 0.3) is 0 Å². The predicted molar refractivity (Wildman–Crippen MR) is 88.7 cm³/mol. The first-order valence-electron chi connectivity index (χ1n) is 8.15. The van der Waals surface area contributed by atoms with Crippen molar-refractivity contribution in [1.29, 1.82) is 0 Å². The van der Waals surface area contributed by atoms with Gasteiger partial charge in [0.15, 0.2) is 0 Å². The molecule has 3 nitrogen and oxygen atoms in total. The van der Waals surface area contributed by atoms with Gasteiger partial charge in [-0.15, -0.1) is 0 Å². The van der Waals surface area contributed by atoms with Crippen molar-refractivity contribution in [3.05, 3.63) is 70.8 Å². The Labute approximate surface area is 144 Å². The summed E-state index contributed by atoms with van der Waals surface area (Å²) in [5.41, 5.74) is 6.35. The maximum absolute atomic E-state index is 13.2. The molecule has 0 radical (unpaired) electrons. The monoisotopic (exact) mass is 348 g/mol. The van der Waals surface area contributed by atoms with Crippen molar-refractivity contribution < 1.29 is 18.0 Å². The van der Waals surface area contributed by atoms with Crippen LogP contribution in [0, 0.1) is 0 Å². The van der Waals surface area contributed by atoms with E-state index in [0.29, 0.717) is 12.1 Å². The standard InChI is InChI=1S/C19H19F3N2O/c20-19(21,22)17-4-2-1-3-15(17)12-24(16-9-10-16)18(25)14-7-5-13(11-23)6-8-14/h1-8,16H,9-12,23H2. The van der Waals surface area contributed by atoms with Crippen molar-refractivity contribution in [2.24, 2.45) is 5.73 Å². The van der Waals surface area contributed by atoms with Gasteiger partial charge in [-0.05, 0) is 42.2 Å². The van der Waals surface area contributed by atoms with Gasteiger partial charge in [0.05, 0.1) is 5.56 Å². The molecule has 0 atom stereocenters. The van der Waals surface area contributed by atoms with E-state index >= 15 is 0 Å². The van der Waals surface area contributed by atoms with Crippen LogP contribution in [0.5, 0.6) is 0 Å². The summed E-state index contributed by atoms with van der Waals surface area (Å²) in [7, 11) is 0. The van der Waals surface area contributed by atoms with Crippen LogP contribution in [0.1, 0.15) is 39.9 Å². The molecule has 0 saturated heterocycles. The van der Waals surface area contributed by atoms with Crippen molar-refractivity contribution in [1.82, 2.24) is 4.90 Å². The minimum atomic E-state index is -4.43. The molecule has 3 rings (SSSR count). The highest BCUT2D eigenvalue weighted by Gasteiger charge is 2.37. The first kappa shape index (κ1) is 17.5. The minimum Gasteiger partial charge on any atom is -0.331 e. The fraction of sp³-hybridized carbons (Fsp3) is 0.316. The zero-order valence-corrected chi connectivity index (χ0v) is 13.6. The highest BCUT2D eigenvalue weighted by molar-refractivity contribution is 5.94. The van der Waals surface area contributed by atoms with Crippen LogP contribution in [0.15, 0.2) is 48.5 Å². The number of rotatable bonds is 5. The highest BCUT2D eigenvalue weighted by atomic mass is 19.4. The molecule has 25 heavy (non-hydrogen) atoms. The first-order valence-corrected chi connectivity index (χ1v) is 8.15. The van der Waals surface area contributed by atoms with Crippen molar-refractivity contribution in [3.63, 3.8) is 0 Å². The molecule has 0 bridgehead atoms. The molecule has 1 amide bonds. The van der Waals surface area contributed by atoms with Crippen molar-refractivity contribution in [3.8, 4) is 0 Å². The van der Waals surface area contributed by atoms with Crippen molar-refractivity contribution in [2.75, 3.05) is 0 Å². The second kappa shape index (κ2) is 6.88. The third-order valence-corrected chi connectivity index (χ3v) is 4.35. The lowest BCUT2D eigenvalue weighted by molar-refractivity contribution is -0.138. The molecule has 0 unspecified atom stereocenters. The van der Waals surface area contributed by atoms with Gasteiger partial charge in [0.2, 0.25) is 0 Å². The minimum absolute atomic E-state index is 0.00275. The molecule has 2 N–H and O–H groups in total. The van der Waals surface area contributed by atoms with Crippen LogP contribution in [-0.2, 0) is 19.3 Å². The van der Waals surface area contributed by atoms with Gasteiger partial charge in [-0.25, -0.2) is 0 Å². The molecule has 2 aromatic carbocycles. The number of alkyl halides is 3. The third kappa shape index (κ3) is 4.02. The predicted octanol–water partition coefficient (Wildman–Crippen LogP) is 3.97. The van der Waals surface area contributed by atoms with E-state index in [9.17, 15) is 18.0 Å². The van der Waals surface area contributed by atoms with Crippen molar-refractivity contribution in [2.45, 2.75) is 38.1 Å². The van der Waals surface area contributed by atoms with E-state index in [1.807, 2.05) is 0 Å². The van der Waals surface area contributed by atoms with E-state index in [-0.39, 0.29) is 24.1 Å². The normalized spacial score (nSPS) is 14.4. The van der Waals surface area contributed by atoms with Gasteiger partial charge in [0.25, 0.3) is 5.91 Å². The van der Waals surface area contributed by atoms with Crippen molar-refractivity contribution >= 4 is 5.91 Å². The Morgan fingerprint density at radius 2 is 1.72 bits per heavy atom. The number of amides is 1. The lowest BCUT2D eigenvalue weighted by Gasteiger charge is -2.24. The Morgan fingerprint density at radius 1 is 1.08 bits per heavy atom. The van der Waals surface area contributed by atoms with E-state index in [2.05, 4.69) is 0 Å². The van der Waals surface area contributed by atoms with E-state index < -0.39 is 11.7 Å². The molecule has 0 aromatic heterocycles. The quantitative estimate of drug-likeness (QED) is 0.889. The van der Waals surface area contributed by atoms with E-state index in [1.165, 1.54) is 12.1 Å². The van der Waals surface area contributed by atoms with Crippen LogP contribution in [0.4, 0.5) is 13.2 Å². The van der Waals surface area contributed by atoms with Crippen LogP contribution >= 0.6 is 0 Å². The Bertz CT molecular complexity index is 752. The van der Waals surface area contributed by atoms with Gasteiger partial charge in [-0.3, -0.25) is 4.79 Å². The molecule has 2 aromatic rings. The SMILES string of the molecule is NCc1ccc(C(=O)N(Cc2ccccc2C(F)(F)F)C2CC2)cc1. The summed E-state index contributed by atoms with van der Waals surface area (Å²) in [5.74, 6) is -0.247. The molecular formula is C19H19F3N2O. The summed E-state index contributed by atoms with van der Waals surface area (Å²) in [5, 5.41) is 0. The van der Waals surface area contributed by atoms with Gasteiger partial charge in [0.1, 0.15) is 0 Å². The molecule has 0 aliphatic heterocycles. The number of nitrogens with zero attached hydrogens (tertiary/aromatic N) is 1. The second-order valence-corrected chi connectivity index (χ2v) is 6.22. The molecule has 0 heterocycles. The Morgan fingerprint density at radius 3 is 2.28 bits per heavy atom. The molecule has 6 heteroatoms. The summed E-state index contributed by atoms with van der Waals surface area (Å²) in [6, 6.07) is 12.3. The average molecular weight is 348 g/mol. The summed E-state index contributed by atoms with van der Waals surface area (Å²) < 4.78 is 39.6. The summed E-state index contributed by atoms with van der Waals surface area (Å²) in [6.45, 7) is 0.331. The molecule has 1 aliphatic rings. The Hall–Kier alpha value is -2.34. The summed E-state index contributed by atoms with van der Waals surface area (Å²) >= 11 is 0. The van der Waals surface area contributed by atoms with Crippen LogP contribution in [-0.4, -0.2) is 16.8 Å². The van der Waals surface area contributed by atoms with Gasteiger partial charge in [-0.1, -0.05) is 30.3 Å². The van der Waals surface area contributed by atoms with Gasteiger partial charge < -0.3 is 10.6 Å². The number of halogens is 3. The van der Waals surface area contributed by atoms with Gasteiger partial charge in [-0.2, -0.15) is 13.2 Å². The molecule has 132 valence electrons. The summed E-state index contributed by atoms with van der Waals surface area (Å²) in [4.78, 5) is 14.3. The first-order chi connectivity index (χ1) is 11.9. The number of hydrogen-bond acceptors (Lipinski definition) is 2. The van der Waals surface area contributed by atoms with Crippen LogP contribution in [0.3, 0.4) is 0 Å². The number of benzene rings is 2. The maximum Gasteiger partial charge on any atom is 0.416 e. The lowest BCUT2D eigenvalue weighted by Crippen LogP contribution is -2.33. The Balaban J connectivity index is 1.86. The molecule has 1 saturated carbocycles. The number of hydrogen-bond donors (Lipinski definition) is 1. The summed E-state index contributed by atoms with van der Waals surface area (Å²) in [6.07, 6.45) is -2.79. The van der Waals surface area contributed by atoms with E-state index in [1.54, 1.807) is 35.2 Å². The topological polar surface area (TPSA) is 46.3 Å². The average Bonchev–Trinajstić information content (AvgIpc) is 3.43. The van der Waals surface area contributed by atoms with Crippen LogP contribution in [0.2, 0.25) is 0 Å². The van der Waals surface area contributed by atoms with Gasteiger partial charge >= 0.3 is 6.18 Å².